The Labute approximate surface area is 264 Å². The number of imidazole rings is 1. The van der Waals surface area contributed by atoms with Crippen molar-refractivity contribution < 1.29 is 0 Å². The molecule has 5 aromatic carbocycles. The van der Waals surface area contributed by atoms with Crippen LogP contribution in [0.15, 0.2) is 163 Å². The van der Waals surface area contributed by atoms with E-state index < -0.39 is 0 Å². The van der Waals surface area contributed by atoms with E-state index >= 15 is 0 Å². The fourth-order valence-electron chi connectivity index (χ4n) is 6.98. The molecule has 1 aromatic heterocycles. The number of hydrogen-bond acceptors (Lipinski definition) is 1. The third-order valence-corrected chi connectivity index (χ3v) is 9.12. The lowest BCUT2D eigenvalue weighted by Gasteiger charge is -2.22. The summed E-state index contributed by atoms with van der Waals surface area (Å²) in [5.74, 6) is 1.08. The zero-order valence-corrected chi connectivity index (χ0v) is 25.4. The molecule has 0 atom stereocenters. The Hall–Kier alpha value is -5.47. The molecule has 1 heterocycles. The molecule has 2 aliphatic rings. The van der Waals surface area contributed by atoms with Gasteiger partial charge in [-0.15, -0.1) is 0 Å². The van der Waals surface area contributed by atoms with Crippen molar-refractivity contribution in [1.29, 1.82) is 0 Å². The van der Waals surface area contributed by atoms with Gasteiger partial charge in [-0.25, -0.2) is 4.98 Å². The first-order valence-corrected chi connectivity index (χ1v) is 15.9. The number of fused-ring (bicyclic) bond motifs is 5. The van der Waals surface area contributed by atoms with Crippen LogP contribution in [0.25, 0.3) is 39.0 Å². The second-order valence-electron chi connectivity index (χ2n) is 11.8. The summed E-state index contributed by atoms with van der Waals surface area (Å²) in [7, 11) is 0. The molecule has 2 aliphatic carbocycles. The van der Waals surface area contributed by atoms with Crippen LogP contribution in [0.2, 0.25) is 0 Å². The third kappa shape index (κ3) is 4.89. The van der Waals surface area contributed by atoms with Crippen molar-refractivity contribution in [3.8, 4) is 16.8 Å². The second kappa shape index (κ2) is 11.6. The number of nitrogens with zero attached hydrogens (tertiary/aromatic N) is 2. The van der Waals surface area contributed by atoms with E-state index in [1.54, 1.807) is 0 Å². The monoisotopic (exact) mass is 578 g/mol. The minimum absolute atomic E-state index is 0.876. The van der Waals surface area contributed by atoms with Crippen LogP contribution >= 0.6 is 0 Å². The van der Waals surface area contributed by atoms with Gasteiger partial charge in [0.25, 0.3) is 0 Å². The standard InChI is InChI=1S/C43H34N2/c1-2-41-44-39-18-10-11-19-40(39)45(41)36-28-26-35(27-29-36)43-33-15-7-6-14-32(24-25-33)42(37-16-8-9-17-38(37)43)34-22-20-31(21-23-34)30-12-4-3-5-13-30/h3-23,26-29H,2,24-25H2,1H3. The van der Waals surface area contributed by atoms with E-state index in [-0.39, 0.29) is 0 Å². The number of benzene rings is 5. The van der Waals surface area contributed by atoms with Gasteiger partial charge in [0.05, 0.1) is 11.0 Å². The molecule has 2 heteroatoms. The minimum Gasteiger partial charge on any atom is -0.296 e. The van der Waals surface area contributed by atoms with E-state index in [9.17, 15) is 0 Å². The highest BCUT2D eigenvalue weighted by molar-refractivity contribution is 5.86. The molecule has 2 bridgehead atoms. The predicted molar refractivity (Wildman–Crippen MR) is 188 cm³/mol. The molecular weight excluding hydrogens is 544 g/mol. The highest BCUT2D eigenvalue weighted by Crippen LogP contribution is 2.34. The van der Waals surface area contributed by atoms with Crippen LogP contribution in [0.5, 0.6) is 0 Å². The van der Waals surface area contributed by atoms with Crippen molar-refractivity contribution in [2.75, 3.05) is 0 Å². The molecule has 0 saturated heterocycles. The van der Waals surface area contributed by atoms with Crippen LogP contribution in [0.3, 0.4) is 0 Å². The first kappa shape index (κ1) is 27.1. The Morgan fingerprint density at radius 3 is 1.67 bits per heavy atom. The number of para-hydroxylation sites is 2. The molecule has 0 radical (unpaired) electrons. The molecule has 2 nitrogen and oxygen atoms in total. The maximum atomic E-state index is 4.91. The van der Waals surface area contributed by atoms with Crippen molar-refractivity contribution in [3.63, 3.8) is 0 Å². The summed E-state index contributed by atoms with van der Waals surface area (Å²) in [5, 5.41) is 2.56. The largest absolute Gasteiger partial charge is 0.296 e. The molecule has 0 aliphatic heterocycles. The van der Waals surface area contributed by atoms with E-state index in [0.717, 1.165) is 41.8 Å². The van der Waals surface area contributed by atoms with Crippen molar-refractivity contribution in [2.24, 2.45) is 0 Å². The minimum atomic E-state index is 0.876. The van der Waals surface area contributed by atoms with Crippen LogP contribution in [0.4, 0.5) is 0 Å². The number of aryl methyl sites for hydroxylation is 1. The van der Waals surface area contributed by atoms with Gasteiger partial charge < -0.3 is 0 Å². The molecule has 0 N–H and O–H groups in total. The summed E-state index contributed by atoms with van der Waals surface area (Å²) in [6.45, 7) is 2.17. The fraction of sp³-hybridized carbons (Fsp3) is 0.0930. The summed E-state index contributed by atoms with van der Waals surface area (Å²) < 4.78 is 2.30. The van der Waals surface area contributed by atoms with E-state index in [0.29, 0.717) is 0 Å². The highest BCUT2D eigenvalue weighted by Gasteiger charge is 2.19. The van der Waals surface area contributed by atoms with Gasteiger partial charge in [0, 0.05) is 12.1 Å². The van der Waals surface area contributed by atoms with E-state index in [1.165, 1.54) is 55.0 Å². The van der Waals surface area contributed by atoms with Gasteiger partial charge in [0.15, 0.2) is 0 Å². The number of aromatic nitrogens is 2. The van der Waals surface area contributed by atoms with Crippen molar-refractivity contribution in [2.45, 2.75) is 26.2 Å². The van der Waals surface area contributed by atoms with Crippen LogP contribution in [0, 0.1) is 0 Å². The average molecular weight is 579 g/mol. The second-order valence-corrected chi connectivity index (χ2v) is 11.8. The summed E-state index contributed by atoms with van der Waals surface area (Å²) in [5.41, 5.74) is 13.7. The fourth-order valence-corrected chi connectivity index (χ4v) is 6.98. The predicted octanol–water partition coefficient (Wildman–Crippen LogP) is 8.87. The van der Waals surface area contributed by atoms with Crippen molar-refractivity contribution in [1.82, 2.24) is 9.55 Å². The molecule has 0 spiro atoms. The lowest BCUT2D eigenvalue weighted by molar-refractivity contribution is 0.908. The summed E-state index contributed by atoms with van der Waals surface area (Å²) in [6.07, 6.45) is 11.9. The zero-order chi connectivity index (χ0) is 30.2. The lowest BCUT2D eigenvalue weighted by atomic mass is 9.82. The molecule has 0 amide bonds. The van der Waals surface area contributed by atoms with Gasteiger partial charge in [0.2, 0.25) is 0 Å². The molecular formula is C43H34N2. The topological polar surface area (TPSA) is 17.8 Å². The first-order chi connectivity index (χ1) is 22.3. The molecule has 45 heavy (non-hydrogen) atoms. The molecule has 0 unspecified atom stereocenters. The number of rotatable bonds is 5. The summed E-state index contributed by atoms with van der Waals surface area (Å²) in [4.78, 5) is 4.91. The molecule has 8 rings (SSSR count). The molecule has 0 fully saturated rings. The smallest absolute Gasteiger partial charge is 0.114 e. The van der Waals surface area contributed by atoms with Crippen LogP contribution in [0.1, 0.15) is 36.7 Å². The summed E-state index contributed by atoms with van der Waals surface area (Å²) >= 11 is 0. The number of hydrogen-bond donors (Lipinski definition) is 0. The van der Waals surface area contributed by atoms with Crippen LogP contribution in [-0.4, -0.2) is 9.55 Å². The van der Waals surface area contributed by atoms with E-state index in [2.05, 4.69) is 163 Å². The number of allylic oxidation sites excluding steroid dienone is 6. The van der Waals surface area contributed by atoms with Crippen LogP contribution in [-0.2, 0) is 6.42 Å². The van der Waals surface area contributed by atoms with E-state index in [4.69, 9.17) is 4.98 Å². The van der Waals surface area contributed by atoms with Gasteiger partial charge in [-0.2, -0.15) is 0 Å². The van der Waals surface area contributed by atoms with Crippen LogP contribution < -0.4 is 10.4 Å². The third-order valence-electron chi connectivity index (χ3n) is 9.12. The van der Waals surface area contributed by atoms with Crippen molar-refractivity contribution in [3.05, 3.63) is 190 Å². The Morgan fingerprint density at radius 2 is 1.04 bits per heavy atom. The Morgan fingerprint density at radius 1 is 0.533 bits per heavy atom. The Bertz CT molecular complexity index is 2260. The van der Waals surface area contributed by atoms with Gasteiger partial charge in [-0.3, -0.25) is 4.57 Å². The Balaban J connectivity index is 1.34. The SMILES string of the molecule is CCc1nc2ccccc2n1-c1ccc(C2=c3ccccc3=C(c3ccc(-c4ccccc4)cc3)C3=CC=CC=C2CC3)cc1. The maximum absolute atomic E-state index is 4.91. The normalized spacial score (nSPS) is 14.3. The maximum Gasteiger partial charge on any atom is 0.114 e. The van der Waals surface area contributed by atoms with Gasteiger partial charge in [0.1, 0.15) is 5.82 Å². The van der Waals surface area contributed by atoms with Gasteiger partial charge in [-0.05, 0) is 92.1 Å². The summed E-state index contributed by atoms with van der Waals surface area (Å²) in [6, 6.07) is 46.2. The van der Waals surface area contributed by atoms with Gasteiger partial charge >= 0.3 is 0 Å². The first-order valence-electron chi connectivity index (χ1n) is 15.9. The van der Waals surface area contributed by atoms with Crippen molar-refractivity contribution >= 4 is 22.2 Å². The van der Waals surface area contributed by atoms with E-state index in [1.807, 2.05) is 0 Å². The quantitative estimate of drug-likeness (QED) is 0.200. The molecule has 6 aromatic rings. The highest BCUT2D eigenvalue weighted by atomic mass is 15.1. The zero-order valence-electron chi connectivity index (χ0n) is 25.4. The Kier molecular flexibility index (Phi) is 6.96. The average Bonchev–Trinajstić information content (AvgIpc) is 3.47. The molecule has 216 valence electrons. The molecule has 0 saturated carbocycles. The lowest BCUT2D eigenvalue weighted by Crippen LogP contribution is -2.32. The van der Waals surface area contributed by atoms with Gasteiger partial charge in [-0.1, -0.05) is 134 Å².